The zero-order chi connectivity index (χ0) is 66.8. The van der Waals surface area contributed by atoms with Crippen molar-refractivity contribution in [2.75, 3.05) is 57.6 Å². The van der Waals surface area contributed by atoms with E-state index in [4.69, 9.17) is 30.2 Å². The number of anilines is 4. The number of aryl methyl sites for hydroxylation is 1. The minimum absolute atomic E-state index is 0.330. The van der Waals surface area contributed by atoms with Gasteiger partial charge in [-0.2, -0.15) is 15.3 Å². The summed E-state index contributed by atoms with van der Waals surface area (Å²) in [4.78, 5) is 49.5. The molecule has 1 aliphatic heterocycles. The lowest BCUT2D eigenvalue weighted by Gasteiger charge is -2.32. The van der Waals surface area contributed by atoms with Gasteiger partial charge in [0.25, 0.3) is 0 Å². The van der Waals surface area contributed by atoms with Gasteiger partial charge in [0.05, 0.1) is 43.2 Å². The molecular weight excluding hydrogens is 1230 g/mol. The number of hydrogen-bond donors (Lipinski definition) is 4. The molecular formula is C67H87BBrN17O6. The van der Waals surface area contributed by atoms with Crippen molar-refractivity contribution in [1.82, 2.24) is 69.4 Å². The van der Waals surface area contributed by atoms with Crippen molar-refractivity contribution in [2.24, 2.45) is 0 Å². The number of nitrogen functional groups attached to an aromatic ring is 2. The Morgan fingerprint density at radius 1 is 0.620 bits per heavy atom. The van der Waals surface area contributed by atoms with Crippen LogP contribution in [0.1, 0.15) is 86.3 Å². The van der Waals surface area contributed by atoms with E-state index in [1.807, 2.05) is 184 Å². The normalized spacial score (nSPS) is 13.1. The lowest BCUT2D eigenvalue weighted by Crippen LogP contribution is -2.41. The first-order valence-corrected chi connectivity index (χ1v) is 31.1. The van der Waals surface area contributed by atoms with Crippen LogP contribution in [0.15, 0.2) is 157 Å². The van der Waals surface area contributed by atoms with Crippen molar-refractivity contribution >= 4 is 63.7 Å². The number of carbonyl (C=O) groups excluding carboxylic acids is 2. The zero-order valence-corrected chi connectivity index (χ0v) is 56.8. The molecule has 3 aromatic carbocycles. The van der Waals surface area contributed by atoms with E-state index in [9.17, 15) is 9.59 Å². The van der Waals surface area contributed by atoms with Gasteiger partial charge in [0.2, 0.25) is 0 Å². The Morgan fingerprint density at radius 2 is 1.11 bits per heavy atom. The molecule has 1 saturated heterocycles. The minimum Gasteiger partial charge on any atom is -0.444 e. The Kier molecular flexibility index (Phi) is 24.3. The maximum Gasteiger partial charge on any atom is 0.498 e. The Hall–Kier alpha value is -9.04. The fraction of sp³-hybridized carbons (Fsp3) is 0.373. The lowest BCUT2D eigenvalue weighted by atomic mass is 9.82. The molecule has 10 rings (SSSR count). The summed E-state index contributed by atoms with van der Waals surface area (Å²) >= 11 is 3.29. The van der Waals surface area contributed by atoms with Gasteiger partial charge in [0.15, 0.2) is 5.82 Å². The second-order valence-electron chi connectivity index (χ2n) is 25.0. The second kappa shape index (κ2) is 31.8. The van der Waals surface area contributed by atoms with Crippen LogP contribution < -0.4 is 27.6 Å². The molecule has 0 unspecified atom stereocenters. The summed E-state index contributed by atoms with van der Waals surface area (Å²) in [5.74, 6) is 2.60. The van der Waals surface area contributed by atoms with Gasteiger partial charge in [-0.05, 0) is 161 Å². The average Bonchev–Trinajstić information content (AvgIpc) is 1.66. The number of likely N-dealkylation sites (N-methyl/N-ethyl adjacent to an activating group) is 3. The highest BCUT2D eigenvalue weighted by Gasteiger charge is 2.52. The SMILES string of the molecule is CN(CCn1cc(-c2ccc(N)cc2)cn1)C(=O)OC(C)(C)C.CN(CCn1cc(B2OC(C)(C)C(C)(C)O2)cn1)C(=O)OC(C)(C)C.CNCCn1cc(-c2ccc(Cc3nccc(Nc4ccnc(-c5cccc(C)n5)n4)n3)cc2)cn1.Nc1ccc(Br)cc1. The Morgan fingerprint density at radius 3 is 1.63 bits per heavy atom. The molecule has 25 heteroatoms. The molecule has 0 spiro atoms. The highest BCUT2D eigenvalue weighted by atomic mass is 79.9. The molecule has 0 atom stereocenters. The molecule has 0 bridgehead atoms. The van der Waals surface area contributed by atoms with Gasteiger partial charge in [-0.3, -0.25) is 14.0 Å². The van der Waals surface area contributed by atoms with Crippen molar-refractivity contribution in [1.29, 1.82) is 0 Å². The molecule has 9 aromatic rings. The van der Waals surface area contributed by atoms with Crippen LogP contribution in [-0.2, 0) is 44.8 Å². The number of amides is 2. The third-order valence-electron chi connectivity index (χ3n) is 14.3. The Labute approximate surface area is 549 Å². The van der Waals surface area contributed by atoms with E-state index in [1.165, 1.54) is 0 Å². The third-order valence-corrected chi connectivity index (χ3v) is 14.8. The van der Waals surface area contributed by atoms with Gasteiger partial charge in [-0.25, -0.2) is 34.5 Å². The van der Waals surface area contributed by atoms with Gasteiger partial charge in [-0.1, -0.05) is 58.4 Å². The number of nitrogens with two attached hydrogens (primary N) is 2. The molecule has 0 aliphatic carbocycles. The number of benzene rings is 3. The summed E-state index contributed by atoms with van der Waals surface area (Å²) in [5, 5.41) is 19.5. The van der Waals surface area contributed by atoms with Crippen LogP contribution in [-0.4, -0.2) is 147 Å². The van der Waals surface area contributed by atoms with Gasteiger partial charge in [-0.15, -0.1) is 0 Å². The maximum atomic E-state index is 12.0. The van der Waals surface area contributed by atoms with Crippen LogP contribution in [0.4, 0.5) is 32.6 Å². The fourth-order valence-corrected chi connectivity index (χ4v) is 8.77. The maximum absolute atomic E-state index is 12.0. The first-order chi connectivity index (χ1) is 43.5. The number of hydrogen-bond acceptors (Lipinski definition) is 18. The predicted octanol–water partition coefficient (Wildman–Crippen LogP) is 11.1. The van der Waals surface area contributed by atoms with E-state index < -0.39 is 18.3 Å². The summed E-state index contributed by atoms with van der Waals surface area (Å²) in [6.07, 6.45) is 14.8. The van der Waals surface area contributed by atoms with Crippen molar-refractivity contribution in [3.05, 3.63) is 174 Å². The van der Waals surface area contributed by atoms with Gasteiger partial charge in [0, 0.05) is 115 Å². The standard InChI is InChI=1S/C27H27N9.C17H30BN3O4.C17H24N4O2.C6H6BrN/c1-19-4-3-5-23(32-19)27-30-13-11-25(35-27)33-24-10-12-29-26(34-24)16-20-6-8-21(9-7-20)22-17-31-36(18-22)15-14-28-2;1-15(2,3)23-14(22)20(8)9-10-21-12-13(11-19-21)18-24-16(4,5)17(6,7)25-18;1-17(2,3)23-16(22)20(4)9-10-21-12-14(11-19-21)13-5-7-15(18)8-6-13;7-5-1-3-6(8)4-2-5/h3-13,17-18,28H,14-16H2,1-2H3,(H,29,30,33,34,35);11-12H,9-10H2,1-8H3;5-8,11-12H,9-10,18H2,1-4H3;1-4H,8H2. The summed E-state index contributed by atoms with van der Waals surface area (Å²) in [6.45, 7) is 25.1. The first kappa shape index (κ1) is 70.4. The van der Waals surface area contributed by atoms with E-state index in [0.29, 0.717) is 50.1 Å². The summed E-state index contributed by atoms with van der Waals surface area (Å²) in [6, 6.07) is 33.0. The number of nitrogens with zero attached hydrogens (tertiary/aromatic N) is 13. The largest absolute Gasteiger partial charge is 0.498 e. The van der Waals surface area contributed by atoms with E-state index in [2.05, 4.69) is 97.2 Å². The molecule has 1 fully saturated rings. The first-order valence-electron chi connectivity index (χ1n) is 30.3. The van der Waals surface area contributed by atoms with Crippen LogP contribution >= 0.6 is 15.9 Å². The number of halogens is 1. The Bertz CT molecular complexity index is 3750. The number of aromatic nitrogens is 11. The topological polar surface area (TPSA) is 272 Å². The number of ether oxygens (including phenoxy) is 2. The van der Waals surface area contributed by atoms with Crippen molar-refractivity contribution in [3.63, 3.8) is 0 Å². The zero-order valence-electron chi connectivity index (χ0n) is 55.3. The van der Waals surface area contributed by atoms with Crippen LogP contribution in [0, 0.1) is 6.92 Å². The Balaban J connectivity index is 0.000000189. The number of pyridine rings is 1. The van der Waals surface area contributed by atoms with Gasteiger partial charge >= 0.3 is 19.3 Å². The van der Waals surface area contributed by atoms with Gasteiger partial charge in [0.1, 0.15) is 34.4 Å². The van der Waals surface area contributed by atoms with Crippen molar-refractivity contribution in [3.8, 4) is 33.8 Å². The van der Waals surface area contributed by atoms with Crippen LogP contribution in [0.2, 0.25) is 0 Å². The van der Waals surface area contributed by atoms with E-state index in [-0.39, 0.29) is 23.4 Å². The molecule has 7 heterocycles. The molecule has 0 saturated carbocycles. The molecule has 0 radical (unpaired) electrons. The van der Waals surface area contributed by atoms with Crippen LogP contribution in [0.5, 0.6) is 0 Å². The van der Waals surface area contributed by atoms with Crippen LogP contribution in [0.3, 0.4) is 0 Å². The summed E-state index contributed by atoms with van der Waals surface area (Å²) < 4.78 is 29.3. The number of nitrogens with one attached hydrogen (secondary N) is 2. The number of rotatable bonds is 17. The smallest absolute Gasteiger partial charge is 0.444 e. The minimum atomic E-state index is -0.499. The lowest BCUT2D eigenvalue weighted by molar-refractivity contribution is 0.00578. The highest BCUT2D eigenvalue weighted by Crippen LogP contribution is 2.36. The van der Waals surface area contributed by atoms with Crippen LogP contribution in [0.25, 0.3) is 33.8 Å². The van der Waals surface area contributed by atoms with Gasteiger partial charge < -0.3 is 50.7 Å². The summed E-state index contributed by atoms with van der Waals surface area (Å²) in [7, 11) is 4.95. The molecule has 6 N–H and O–H groups in total. The molecule has 23 nitrogen and oxygen atoms in total. The van der Waals surface area contributed by atoms with E-state index in [1.54, 1.807) is 59.4 Å². The molecule has 6 aromatic heterocycles. The molecule has 486 valence electrons. The summed E-state index contributed by atoms with van der Waals surface area (Å²) in [5.41, 5.74) is 18.9. The second-order valence-corrected chi connectivity index (χ2v) is 25.9. The van der Waals surface area contributed by atoms with E-state index in [0.717, 1.165) is 79.4 Å². The molecule has 2 amide bonds. The average molecular weight is 1320 g/mol. The molecule has 92 heavy (non-hydrogen) atoms. The third kappa shape index (κ3) is 22.1. The van der Waals surface area contributed by atoms with E-state index >= 15 is 0 Å². The van der Waals surface area contributed by atoms with Crippen molar-refractivity contribution in [2.45, 2.75) is 125 Å². The monoisotopic (exact) mass is 1320 g/mol. The van der Waals surface area contributed by atoms with Crippen molar-refractivity contribution < 1.29 is 28.4 Å². The molecule has 1 aliphatic rings. The highest BCUT2D eigenvalue weighted by molar-refractivity contribution is 9.10. The number of carbonyl (C=O) groups is 2. The predicted molar refractivity (Wildman–Crippen MR) is 366 cm³/mol. The quantitative estimate of drug-likeness (QED) is 0.0487. The fourth-order valence-electron chi connectivity index (χ4n) is 8.51.